The molecule has 0 saturated carbocycles. The fourth-order valence-corrected chi connectivity index (χ4v) is 2.38. The van der Waals surface area contributed by atoms with Crippen molar-refractivity contribution >= 4 is 21.6 Å². The summed E-state index contributed by atoms with van der Waals surface area (Å²) in [7, 11) is -1.99. The van der Waals surface area contributed by atoms with E-state index in [1.54, 1.807) is 26.0 Å². The lowest BCUT2D eigenvalue weighted by atomic mass is 10.1. The molecule has 0 aliphatic rings. The van der Waals surface area contributed by atoms with Crippen LogP contribution in [-0.4, -0.2) is 40.2 Å². The predicted molar refractivity (Wildman–Crippen MR) is 78.5 cm³/mol. The molecule has 0 radical (unpaired) electrons. The zero-order chi connectivity index (χ0) is 16.0. The Morgan fingerprint density at radius 1 is 1.38 bits per heavy atom. The van der Waals surface area contributed by atoms with Gasteiger partial charge in [0.15, 0.2) is 9.84 Å². The van der Waals surface area contributed by atoms with E-state index < -0.39 is 15.9 Å². The summed E-state index contributed by atoms with van der Waals surface area (Å²) in [5, 5.41) is 3.87. The van der Waals surface area contributed by atoms with Crippen LogP contribution in [0.15, 0.2) is 28.2 Å². The summed E-state index contributed by atoms with van der Waals surface area (Å²) in [5.74, 6) is 0.223. The number of hydrazone groups is 1. The lowest BCUT2D eigenvalue weighted by Crippen LogP contribution is -2.20. The third-order valence-corrected chi connectivity index (χ3v) is 3.71. The molecule has 0 unspecified atom stereocenters. The predicted octanol–water partition coefficient (Wildman–Crippen LogP) is 1.57. The second-order valence-corrected chi connectivity index (χ2v) is 6.15. The van der Waals surface area contributed by atoms with E-state index in [2.05, 4.69) is 15.3 Å². The van der Waals surface area contributed by atoms with Gasteiger partial charge >= 0.3 is 6.09 Å². The van der Waals surface area contributed by atoms with E-state index in [1.165, 1.54) is 13.2 Å². The summed E-state index contributed by atoms with van der Waals surface area (Å²) in [5.41, 5.74) is 3.34. The molecule has 8 heteroatoms. The monoisotopic (exact) mass is 314 g/mol. The van der Waals surface area contributed by atoms with Crippen molar-refractivity contribution in [2.75, 3.05) is 20.0 Å². The molecule has 0 aliphatic heterocycles. The first-order valence-corrected chi connectivity index (χ1v) is 8.04. The van der Waals surface area contributed by atoms with Crippen molar-refractivity contribution in [1.82, 2.24) is 5.43 Å². The molecule has 0 saturated heterocycles. The molecular weight excluding hydrogens is 296 g/mol. The molecule has 1 aromatic carbocycles. The van der Waals surface area contributed by atoms with Gasteiger partial charge in [-0.1, -0.05) is 6.07 Å². The Balaban J connectivity index is 3.04. The average Bonchev–Trinajstić information content (AvgIpc) is 2.43. The molecule has 0 heterocycles. The Bertz CT molecular complexity index is 653. The Hall–Kier alpha value is -2.09. The number of sulfone groups is 1. The molecule has 0 fully saturated rings. The third-order valence-electron chi connectivity index (χ3n) is 2.57. The second kappa shape index (κ2) is 7.07. The number of carbonyl (C=O) groups is 1. The van der Waals surface area contributed by atoms with E-state index in [0.29, 0.717) is 11.3 Å². The van der Waals surface area contributed by atoms with Gasteiger partial charge in [-0.05, 0) is 26.0 Å². The molecule has 1 amide bonds. The first kappa shape index (κ1) is 17.0. The maximum Gasteiger partial charge on any atom is 0.427 e. The Kier molecular flexibility index (Phi) is 5.71. The number of hydrogen-bond acceptors (Lipinski definition) is 6. The van der Waals surface area contributed by atoms with Crippen LogP contribution in [0.25, 0.3) is 0 Å². The summed E-state index contributed by atoms with van der Waals surface area (Å²) in [6, 6.07) is 4.57. The molecule has 0 spiro atoms. The van der Waals surface area contributed by atoms with Gasteiger partial charge in [0.1, 0.15) is 10.6 Å². The molecule has 0 atom stereocenters. The molecule has 116 valence electrons. The largest absolute Gasteiger partial charge is 0.495 e. The highest BCUT2D eigenvalue weighted by Crippen LogP contribution is 2.25. The van der Waals surface area contributed by atoms with Crippen molar-refractivity contribution in [2.45, 2.75) is 18.7 Å². The Morgan fingerprint density at radius 2 is 2.05 bits per heavy atom. The number of nitrogens with zero attached hydrogens (tertiary/aromatic N) is 1. The van der Waals surface area contributed by atoms with E-state index in [9.17, 15) is 13.2 Å². The molecule has 1 rings (SSSR count). The molecule has 7 nitrogen and oxygen atoms in total. The second-order valence-electron chi connectivity index (χ2n) is 4.17. The first-order chi connectivity index (χ1) is 9.79. The zero-order valence-electron chi connectivity index (χ0n) is 12.3. The third kappa shape index (κ3) is 4.75. The number of carbonyl (C=O) groups excluding carboxylic acids is 1. The van der Waals surface area contributed by atoms with Crippen molar-refractivity contribution in [2.24, 2.45) is 5.10 Å². The van der Waals surface area contributed by atoms with E-state index in [0.717, 1.165) is 6.26 Å². The van der Waals surface area contributed by atoms with Crippen LogP contribution >= 0.6 is 0 Å². The minimum atomic E-state index is -3.38. The molecular formula is C13H18N2O5S. The van der Waals surface area contributed by atoms with Crippen LogP contribution in [0.3, 0.4) is 0 Å². The van der Waals surface area contributed by atoms with Gasteiger partial charge in [0.25, 0.3) is 0 Å². The van der Waals surface area contributed by atoms with Crippen LogP contribution < -0.4 is 10.2 Å². The number of rotatable bonds is 5. The van der Waals surface area contributed by atoms with Crippen molar-refractivity contribution < 1.29 is 22.7 Å². The van der Waals surface area contributed by atoms with Crippen LogP contribution in [-0.2, 0) is 14.6 Å². The smallest absolute Gasteiger partial charge is 0.427 e. The fraction of sp³-hybridized carbons (Fsp3) is 0.385. The van der Waals surface area contributed by atoms with Crippen molar-refractivity contribution in [3.63, 3.8) is 0 Å². The highest BCUT2D eigenvalue weighted by Gasteiger charge is 2.15. The van der Waals surface area contributed by atoms with E-state index in [-0.39, 0.29) is 17.3 Å². The number of nitrogens with one attached hydrogen (secondary N) is 1. The standard InChI is InChI=1S/C13H18N2O5S/c1-5-20-13(16)15-14-9(2)10-6-7-12(21(4,17)18)11(8-10)19-3/h6-8H,5H2,1-4H3,(H,15,16)/b14-9+. The maximum absolute atomic E-state index is 11.6. The van der Waals surface area contributed by atoms with Gasteiger partial charge in [-0.25, -0.2) is 18.6 Å². The van der Waals surface area contributed by atoms with Crippen LogP contribution in [0.1, 0.15) is 19.4 Å². The Labute approximate surface area is 123 Å². The highest BCUT2D eigenvalue weighted by molar-refractivity contribution is 7.90. The molecule has 0 aromatic heterocycles. The molecule has 0 bridgehead atoms. The number of ether oxygens (including phenoxy) is 2. The van der Waals surface area contributed by atoms with Gasteiger partial charge in [-0.2, -0.15) is 5.10 Å². The first-order valence-electron chi connectivity index (χ1n) is 6.15. The minimum Gasteiger partial charge on any atom is -0.495 e. The zero-order valence-corrected chi connectivity index (χ0v) is 13.2. The number of amides is 1. The highest BCUT2D eigenvalue weighted by atomic mass is 32.2. The molecule has 1 N–H and O–H groups in total. The summed E-state index contributed by atoms with van der Waals surface area (Å²) in [6.45, 7) is 3.60. The van der Waals surface area contributed by atoms with E-state index in [1.807, 2.05) is 0 Å². The van der Waals surface area contributed by atoms with Gasteiger partial charge in [-0.15, -0.1) is 0 Å². The molecule has 21 heavy (non-hydrogen) atoms. The average molecular weight is 314 g/mol. The normalized spacial score (nSPS) is 11.9. The summed E-state index contributed by atoms with van der Waals surface area (Å²) < 4.78 is 33.0. The van der Waals surface area contributed by atoms with Crippen LogP contribution in [0.2, 0.25) is 0 Å². The minimum absolute atomic E-state index is 0.0971. The summed E-state index contributed by atoms with van der Waals surface area (Å²) in [6.07, 6.45) is 0.449. The van der Waals surface area contributed by atoms with E-state index in [4.69, 9.17) is 4.74 Å². The fourth-order valence-electron chi connectivity index (χ4n) is 1.56. The SMILES string of the molecule is CCOC(=O)N/N=C(\C)c1ccc(S(C)(=O)=O)c(OC)c1. The van der Waals surface area contributed by atoms with Gasteiger partial charge in [0.05, 0.1) is 19.4 Å². The van der Waals surface area contributed by atoms with E-state index >= 15 is 0 Å². The van der Waals surface area contributed by atoms with Crippen LogP contribution in [0, 0.1) is 0 Å². The lowest BCUT2D eigenvalue weighted by Gasteiger charge is -2.09. The summed E-state index contributed by atoms with van der Waals surface area (Å²) >= 11 is 0. The molecule has 1 aromatic rings. The Morgan fingerprint density at radius 3 is 2.57 bits per heavy atom. The number of methoxy groups -OCH3 is 1. The number of hydrogen-bond donors (Lipinski definition) is 1. The van der Waals surface area contributed by atoms with Crippen LogP contribution in [0.4, 0.5) is 4.79 Å². The number of benzene rings is 1. The quantitative estimate of drug-likeness (QED) is 0.657. The van der Waals surface area contributed by atoms with Gasteiger partial charge < -0.3 is 9.47 Å². The van der Waals surface area contributed by atoms with Crippen molar-refractivity contribution in [3.8, 4) is 5.75 Å². The van der Waals surface area contributed by atoms with Crippen LogP contribution in [0.5, 0.6) is 5.75 Å². The van der Waals surface area contributed by atoms with Gasteiger partial charge in [0.2, 0.25) is 0 Å². The molecule has 0 aliphatic carbocycles. The summed E-state index contributed by atoms with van der Waals surface area (Å²) in [4.78, 5) is 11.2. The maximum atomic E-state index is 11.6. The van der Waals surface area contributed by atoms with Gasteiger partial charge in [-0.3, -0.25) is 0 Å². The van der Waals surface area contributed by atoms with Crippen molar-refractivity contribution in [1.29, 1.82) is 0 Å². The lowest BCUT2D eigenvalue weighted by molar-refractivity contribution is 0.152. The van der Waals surface area contributed by atoms with Gasteiger partial charge in [0, 0.05) is 11.8 Å². The van der Waals surface area contributed by atoms with Crippen molar-refractivity contribution in [3.05, 3.63) is 23.8 Å². The topological polar surface area (TPSA) is 94.1 Å².